The van der Waals surface area contributed by atoms with Gasteiger partial charge in [0.25, 0.3) is 5.56 Å². The first kappa shape index (κ1) is 9.73. The molecule has 0 saturated carbocycles. The molecule has 1 unspecified atom stereocenters. The molecule has 5 N–H and O–H groups in total. The highest BCUT2D eigenvalue weighted by Gasteiger charge is 2.07. The van der Waals surface area contributed by atoms with Gasteiger partial charge in [0.05, 0.1) is 6.04 Å². The third kappa shape index (κ3) is 2.55. The average Bonchev–Trinajstić information content (AvgIpc) is 2.03. The molecule has 13 heavy (non-hydrogen) atoms. The lowest BCUT2D eigenvalue weighted by Crippen LogP contribution is -2.20. The number of nitrogen functional groups attached to an aromatic ring is 1. The van der Waals surface area contributed by atoms with Crippen LogP contribution in [0.1, 0.15) is 31.6 Å². The predicted molar refractivity (Wildman–Crippen MR) is 51.1 cm³/mol. The van der Waals surface area contributed by atoms with Crippen molar-refractivity contribution in [1.29, 1.82) is 0 Å². The van der Waals surface area contributed by atoms with Crippen LogP contribution in [0.4, 0.5) is 5.82 Å². The van der Waals surface area contributed by atoms with Crippen molar-refractivity contribution in [1.82, 2.24) is 9.97 Å². The summed E-state index contributed by atoms with van der Waals surface area (Å²) in [6.07, 6.45) is 1.73. The van der Waals surface area contributed by atoms with E-state index in [1.807, 2.05) is 6.92 Å². The molecule has 0 aliphatic rings. The first-order chi connectivity index (χ1) is 6.13. The van der Waals surface area contributed by atoms with Crippen LogP contribution in [-0.2, 0) is 0 Å². The SMILES string of the molecule is CCCC(N)c1nc(N)cc(=O)[nH]1. The number of aromatic nitrogens is 2. The van der Waals surface area contributed by atoms with Crippen LogP contribution in [0.5, 0.6) is 0 Å². The fraction of sp³-hybridized carbons (Fsp3) is 0.500. The standard InChI is InChI=1S/C8H14N4O/c1-2-3-5(9)8-11-6(10)4-7(13)12-8/h4-5H,2-3,9H2,1H3,(H3,10,11,12,13). The molecule has 0 amide bonds. The zero-order chi connectivity index (χ0) is 9.84. The first-order valence-corrected chi connectivity index (χ1v) is 4.25. The van der Waals surface area contributed by atoms with E-state index in [0.717, 1.165) is 12.8 Å². The van der Waals surface area contributed by atoms with Crippen LogP contribution in [-0.4, -0.2) is 9.97 Å². The second-order valence-corrected chi connectivity index (χ2v) is 2.95. The number of aromatic amines is 1. The van der Waals surface area contributed by atoms with Gasteiger partial charge >= 0.3 is 0 Å². The van der Waals surface area contributed by atoms with Crippen molar-refractivity contribution in [3.05, 3.63) is 22.2 Å². The van der Waals surface area contributed by atoms with E-state index in [-0.39, 0.29) is 17.4 Å². The van der Waals surface area contributed by atoms with Crippen LogP contribution >= 0.6 is 0 Å². The third-order valence-electron chi connectivity index (χ3n) is 1.73. The van der Waals surface area contributed by atoms with Crippen molar-refractivity contribution < 1.29 is 0 Å². The molecule has 5 nitrogen and oxygen atoms in total. The highest BCUT2D eigenvalue weighted by Crippen LogP contribution is 2.09. The van der Waals surface area contributed by atoms with Gasteiger partial charge in [0.1, 0.15) is 11.6 Å². The Hall–Kier alpha value is -1.36. The summed E-state index contributed by atoms with van der Waals surface area (Å²) in [5.74, 6) is 0.678. The Morgan fingerprint density at radius 1 is 1.69 bits per heavy atom. The first-order valence-electron chi connectivity index (χ1n) is 4.25. The molecule has 0 bridgehead atoms. The fourth-order valence-electron chi connectivity index (χ4n) is 1.12. The second kappa shape index (κ2) is 4.04. The van der Waals surface area contributed by atoms with Gasteiger partial charge in [0.2, 0.25) is 0 Å². The van der Waals surface area contributed by atoms with E-state index in [1.165, 1.54) is 6.07 Å². The Kier molecular flexibility index (Phi) is 3.02. The predicted octanol–water partition coefficient (Wildman–Crippen LogP) is 0.152. The molecule has 0 aliphatic carbocycles. The number of nitrogens with two attached hydrogens (primary N) is 2. The van der Waals surface area contributed by atoms with E-state index >= 15 is 0 Å². The maximum Gasteiger partial charge on any atom is 0.253 e. The topological polar surface area (TPSA) is 97.8 Å². The van der Waals surface area contributed by atoms with Gasteiger partial charge in [0, 0.05) is 6.07 Å². The molecule has 0 saturated heterocycles. The monoisotopic (exact) mass is 182 g/mol. The van der Waals surface area contributed by atoms with E-state index in [2.05, 4.69) is 9.97 Å². The summed E-state index contributed by atoms with van der Waals surface area (Å²) < 4.78 is 0. The highest BCUT2D eigenvalue weighted by molar-refractivity contribution is 5.25. The Labute approximate surface area is 76.2 Å². The minimum absolute atomic E-state index is 0.213. The normalized spacial score (nSPS) is 12.8. The summed E-state index contributed by atoms with van der Waals surface area (Å²) in [5.41, 5.74) is 10.9. The van der Waals surface area contributed by atoms with Crippen molar-refractivity contribution >= 4 is 5.82 Å². The zero-order valence-electron chi connectivity index (χ0n) is 7.58. The minimum atomic E-state index is -0.256. The van der Waals surface area contributed by atoms with Gasteiger partial charge in [-0.3, -0.25) is 4.79 Å². The van der Waals surface area contributed by atoms with Crippen LogP contribution < -0.4 is 17.0 Å². The molecule has 1 rings (SSSR count). The maximum atomic E-state index is 11.0. The lowest BCUT2D eigenvalue weighted by molar-refractivity contribution is 0.600. The summed E-state index contributed by atoms with van der Waals surface area (Å²) in [6.45, 7) is 2.02. The van der Waals surface area contributed by atoms with Gasteiger partial charge < -0.3 is 16.5 Å². The smallest absolute Gasteiger partial charge is 0.253 e. The largest absolute Gasteiger partial charge is 0.383 e. The Bertz CT molecular complexity index is 333. The number of anilines is 1. The molecule has 5 heteroatoms. The van der Waals surface area contributed by atoms with E-state index in [1.54, 1.807) is 0 Å². The van der Waals surface area contributed by atoms with Gasteiger partial charge in [-0.1, -0.05) is 13.3 Å². The fourth-order valence-corrected chi connectivity index (χ4v) is 1.12. The highest BCUT2D eigenvalue weighted by atomic mass is 16.1. The van der Waals surface area contributed by atoms with Crippen molar-refractivity contribution in [3.8, 4) is 0 Å². The number of nitrogens with zero attached hydrogens (tertiary/aromatic N) is 1. The van der Waals surface area contributed by atoms with Gasteiger partial charge in [-0.15, -0.1) is 0 Å². The zero-order valence-corrected chi connectivity index (χ0v) is 7.58. The van der Waals surface area contributed by atoms with E-state index < -0.39 is 0 Å². The molecular weight excluding hydrogens is 168 g/mol. The summed E-state index contributed by atoms with van der Waals surface area (Å²) in [6, 6.07) is 1.00. The molecule has 0 fully saturated rings. The minimum Gasteiger partial charge on any atom is -0.383 e. The van der Waals surface area contributed by atoms with Crippen LogP contribution in [0.2, 0.25) is 0 Å². The molecule has 0 radical (unpaired) electrons. The summed E-state index contributed by atoms with van der Waals surface area (Å²) in [7, 11) is 0. The third-order valence-corrected chi connectivity index (χ3v) is 1.73. The van der Waals surface area contributed by atoms with E-state index in [4.69, 9.17) is 11.5 Å². The average molecular weight is 182 g/mol. The number of H-pyrrole nitrogens is 1. The molecule has 1 atom stereocenters. The molecule has 0 spiro atoms. The van der Waals surface area contributed by atoms with Crippen molar-refractivity contribution in [2.24, 2.45) is 5.73 Å². The van der Waals surface area contributed by atoms with E-state index in [9.17, 15) is 4.79 Å². The van der Waals surface area contributed by atoms with Crippen molar-refractivity contribution in [2.75, 3.05) is 5.73 Å². The number of hydrogen-bond acceptors (Lipinski definition) is 4. The Morgan fingerprint density at radius 2 is 2.38 bits per heavy atom. The molecular formula is C8H14N4O. The lowest BCUT2D eigenvalue weighted by Gasteiger charge is -2.08. The molecule has 1 aromatic heterocycles. The maximum absolute atomic E-state index is 11.0. The molecule has 0 aromatic carbocycles. The van der Waals surface area contributed by atoms with Crippen LogP contribution in [0.25, 0.3) is 0 Å². The number of nitrogens with one attached hydrogen (secondary N) is 1. The Morgan fingerprint density at radius 3 is 2.92 bits per heavy atom. The quantitative estimate of drug-likeness (QED) is 0.619. The van der Waals surface area contributed by atoms with Gasteiger partial charge in [-0.2, -0.15) is 0 Å². The van der Waals surface area contributed by atoms with Crippen LogP contribution in [0.3, 0.4) is 0 Å². The molecule has 72 valence electrons. The van der Waals surface area contributed by atoms with Gasteiger partial charge in [-0.05, 0) is 6.42 Å². The summed E-state index contributed by atoms with van der Waals surface area (Å²) in [4.78, 5) is 17.5. The van der Waals surface area contributed by atoms with Crippen molar-refractivity contribution in [3.63, 3.8) is 0 Å². The number of hydrogen-bond donors (Lipinski definition) is 3. The Balaban J connectivity index is 2.94. The second-order valence-electron chi connectivity index (χ2n) is 2.95. The molecule has 1 heterocycles. The van der Waals surface area contributed by atoms with Gasteiger partial charge in [-0.25, -0.2) is 4.98 Å². The van der Waals surface area contributed by atoms with Crippen LogP contribution in [0, 0.1) is 0 Å². The number of rotatable bonds is 3. The summed E-state index contributed by atoms with van der Waals surface area (Å²) in [5, 5.41) is 0. The lowest BCUT2D eigenvalue weighted by atomic mass is 10.2. The molecule has 0 aliphatic heterocycles. The van der Waals surface area contributed by atoms with Crippen LogP contribution in [0.15, 0.2) is 10.9 Å². The summed E-state index contributed by atoms with van der Waals surface area (Å²) >= 11 is 0. The van der Waals surface area contributed by atoms with Gasteiger partial charge in [0.15, 0.2) is 0 Å². The van der Waals surface area contributed by atoms with Crippen molar-refractivity contribution in [2.45, 2.75) is 25.8 Å². The van der Waals surface area contributed by atoms with E-state index in [0.29, 0.717) is 5.82 Å². The molecule has 1 aromatic rings.